The number of hydrogen-bond acceptors (Lipinski definition) is 6. The topological polar surface area (TPSA) is 54.5 Å². The molecule has 0 bridgehead atoms. The molecule has 0 aromatic heterocycles. The SMILES string of the molecule is COc1cc(C(=O)N2CCN(C3CCN(Cc4ccccc4)CC3)CC2)cc(OC)c1OC. The molecule has 1 amide bonds. The Morgan fingerprint density at radius 2 is 1.45 bits per heavy atom. The van der Waals surface area contributed by atoms with E-state index in [0.29, 0.717) is 28.9 Å². The van der Waals surface area contributed by atoms with Gasteiger partial charge in [0.05, 0.1) is 21.3 Å². The number of hydrogen-bond donors (Lipinski definition) is 0. The van der Waals surface area contributed by atoms with E-state index in [0.717, 1.165) is 45.8 Å². The number of methoxy groups -OCH3 is 3. The fraction of sp³-hybridized carbons (Fsp3) is 0.500. The van der Waals surface area contributed by atoms with Crippen molar-refractivity contribution in [3.05, 3.63) is 53.6 Å². The van der Waals surface area contributed by atoms with E-state index in [1.54, 1.807) is 33.5 Å². The maximum atomic E-state index is 13.2. The molecule has 0 saturated carbocycles. The zero-order chi connectivity index (χ0) is 23.2. The van der Waals surface area contributed by atoms with Gasteiger partial charge >= 0.3 is 0 Å². The van der Waals surface area contributed by atoms with Gasteiger partial charge in [0.2, 0.25) is 5.75 Å². The van der Waals surface area contributed by atoms with Crippen LogP contribution in [0.4, 0.5) is 0 Å². The Labute approximate surface area is 196 Å². The van der Waals surface area contributed by atoms with Crippen molar-refractivity contribution in [3.63, 3.8) is 0 Å². The van der Waals surface area contributed by atoms with Gasteiger partial charge in [-0.25, -0.2) is 0 Å². The molecular weight excluding hydrogens is 418 g/mol. The van der Waals surface area contributed by atoms with Crippen LogP contribution in [0.5, 0.6) is 17.2 Å². The van der Waals surface area contributed by atoms with Gasteiger partial charge in [-0.2, -0.15) is 0 Å². The summed E-state index contributed by atoms with van der Waals surface area (Å²) in [6.07, 6.45) is 2.38. The van der Waals surface area contributed by atoms with E-state index in [2.05, 4.69) is 40.1 Å². The molecular formula is C26H35N3O4. The molecule has 7 heteroatoms. The molecule has 178 valence electrons. The van der Waals surface area contributed by atoms with E-state index in [-0.39, 0.29) is 5.91 Å². The summed E-state index contributed by atoms with van der Waals surface area (Å²) in [5.41, 5.74) is 1.95. The van der Waals surface area contributed by atoms with Gasteiger partial charge in [-0.05, 0) is 43.6 Å². The van der Waals surface area contributed by atoms with Crippen LogP contribution < -0.4 is 14.2 Å². The van der Waals surface area contributed by atoms with Gasteiger partial charge < -0.3 is 19.1 Å². The fourth-order valence-electron chi connectivity index (χ4n) is 4.96. The van der Waals surface area contributed by atoms with Crippen molar-refractivity contribution in [2.75, 3.05) is 60.6 Å². The molecule has 0 atom stereocenters. The lowest BCUT2D eigenvalue weighted by Gasteiger charge is -2.42. The van der Waals surface area contributed by atoms with Gasteiger partial charge in [0.1, 0.15) is 0 Å². The van der Waals surface area contributed by atoms with E-state index in [4.69, 9.17) is 14.2 Å². The molecule has 0 aliphatic carbocycles. The monoisotopic (exact) mass is 453 g/mol. The van der Waals surface area contributed by atoms with Crippen molar-refractivity contribution in [2.45, 2.75) is 25.4 Å². The highest BCUT2D eigenvalue weighted by molar-refractivity contribution is 5.95. The van der Waals surface area contributed by atoms with Gasteiger partial charge in [0.15, 0.2) is 11.5 Å². The number of rotatable bonds is 7. The van der Waals surface area contributed by atoms with Gasteiger partial charge in [-0.1, -0.05) is 30.3 Å². The van der Waals surface area contributed by atoms with Crippen LogP contribution in [0.1, 0.15) is 28.8 Å². The normalized spacial score (nSPS) is 18.2. The summed E-state index contributed by atoms with van der Waals surface area (Å²) in [7, 11) is 4.69. The van der Waals surface area contributed by atoms with Gasteiger partial charge in [0, 0.05) is 44.3 Å². The van der Waals surface area contributed by atoms with Crippen molar-refractivity contribution in [1.29, 1.82) is 0 Å². The molecule has 2 aromatic carbocycles. The Morgan fingerprint density at radius 3 is 2.00 bits per heavy atom. The van der Waals surface area contributed by atoms with E-state index in [1.807, 2.05) is 4.90 Å². The zero-order valence-electron chi connectivity index (χ0n) is 20.0. The highest BCUT2D eigenvalue weighted by atomic mass is 16.5. The second kappa shape index (κ2) is 10.9. The lowest BCUT2D eigenvalue weighted by Crippen LogP contribution is -2.54. The minimum Gasteiger partial charge on any atom is -0.493 e. The third kappa shape index (κ3) is 5.42. The summed E-state index contributed by atoms with van der Waals surface area (Å²) < 4.78 is 16.2. The van der Waals surface area contributed by atoms with Crippen LogP contribution in [0.15, 0.2) is 42.5 Å². The Hall–Kier alpha value is -2.77. The highest BCUT2D eigenvalue weighted by Gasteiger charge is 2.30. The minimum atomic E-state index is 0.00610. The quantitative estimate of drug-likeness (QED) is 0.642. The number of benzene rings is 2. The second-order valence-corrected chi connectivity index (χ2v) is 8.74. The first-order valence-electron chi connectivity index (χ1n) is 11.7. The van der Waals surface area contributed by atoms with Crippen LogP contribution in [-0.4, -0.2) is 87.2 Å². The van der Waals surface area contributed by atoms with E-state index >= 15 is 0 Å². The molecule has 0 radical (unpaired) electrons. The summed E-state index contributed by atoms with van der Waals surface area (Å²) >= 11 is 0. The predicted molar refractivity (Wildman–Crippen MR) is 128 cm³/mol. The number of piperidine rings is 1. The third-order valence-electron chi connectivity index (χ3n) is 6.84. The summed E-state index contributed by atoms with van der Waals surface area (Å²) in [5.74, 6) is 1.51. The van der Waals surface area contributed by atoms with Crippen molar-refractivity contribution in [2.24, 2.45) is 0 Å². The fourth-order valence-corrected chi connectivity index (χ4v) is 4.96. The summed E-state index contributed by atoms with van der Waals surface area (Å²) in [6.45, 7) is 6.59. The number of ether oxygens (including phenoxy) is 3. The maximum Gasteiger partial charge on any atom is 0.254 e. The molecule has 33 heavy (non-hydrogen) atoms. The summed E-state index contributed by atoms with van der Waals surface area (Å²) in [5, 5.41) is 0. The lowest BCUT2D eigenvalue weighted by atomic mass is 10.0. The maximum absolute atomic E-state index is 13.2. The number of likely N-dealkylation sites (tertiary alicyclic amines) is 1. The summed E-state index contributed by atoms with van der Waals surface area (Å²) in [4.78, 5) is 20.2. The van der Waals surface area contributed by atoms with Crippen LogP contribution in [0.3, 0.4) is 0 Å². The van der Waals surface area contributed by atoms with Gasteiger partial charge in [0.25, 0.3) is 5.91 Å². The molecule has 2 saturated heterocycles. The lowest BCUT2D eigenvalue weighted by molar-refractivity contribution is 0.0444. The Balaban J connectivity index is 1.30. The van der Waals surface area contributed by atoms with Crippen molar-refractivity contribution >= 4 is 5.91 Å². The molecule has 0 unspecified atom stereocenters. The zero-order valence-corrected chi connectivity index (χ0v) is 20.0. The smallest absolute Gasteiger partial charge is 0.254 e. The van der Waals surface area contributed by atoms with E-state index in [9.17, 15) is 4.79 Å². The Bertz CT molecular complexity index is 895. The number of carbonyl (C=O) groups is 1. The summed E-state index contributed by atoms with van der Waals surface area (Å²) in [6, 6.07) is 14.8. The van der Waals surface area contributed by atoms with Crippen LogP contribution >= 0.6 is 0 Å². The molecule has 0 N–H and O–H groups in total. The average molecular weight is 454 g/mol. The molecule has 7 nitrogen and oxygen atoms in total. The second-order valence-electron chi connectivity index (χ2n) is 8.74. The van der Waals surface area contributed by atoms with Gasteiger partial charge in [-0.3, -0.25) is 14.6 Å². The molecule has 2 fully saturated rings. The largest absolute Gasteiger partial charge is 0.493 e. The van der Waals surface area contributed by atoms with Gasteiger partial charge in [-0.15, -0.1) is 0 Å². The van der Waals surface area contributed by atoms with Crippen LogP contribution in [0.2, 0.25) is 0 Å². The predicted octanol–water partition coefficient (Wildman–Crippen LogP) is 3.13. The van der Waals surface area contributed by atoms with Crippen LogP contribution in [-0.2, 0) is 6.54 Å². The Morgan fingerprint density at radius 1 is 0.848 bits per heavy atom. The van der Waals surface area contributed by atoms with E-state index in [1.165, 1.54) is 18.4 Å². The molecule has 2 aromatic rings. The Kier molecular flexibility index (Phi) is 7.73. The van der Waals surface area contributed by atoms with Crippen LogP contribution in [0.25, 0.3) is 0 Å². The van der Waals surface area contributed by atoms with Crippen molar-refractivity contribution in [1.82, 2.24) is 14.7 Å². The standard InChI is InChI=1S/C26H35N3O4/c1-31-23-17-21(18-24(32-2)25(23)33-3)26(30)29-15-13-28(14-16-29)22-9-11-27(12-10-22)19-20-7-5-4-6-8-20/h4-8,17-18,22H,9-16,19H2,1-3H3. The van der Waals surface area contributed by atoms with Crippen LogP contribution in [0, 0.1) is 0 Å². The first-order chi connectivity index (χ1) is 16.1. The van der Waals surface area contributed by atoms with Crippen molar-refractivity contribution < 1.29 is 19.0 Å². The number of amides is 1. The molecule has 2 heterocycles. The molecule has 2 aliphatic heterocycles. The van der Waals surface area contributed by atoms with E-state index < -0.39 is 0 Å². The van der Waals surface area contributed by atoms with Crippen molar-refractivity contribution in [3.8, 4) is 17.2 Å². The number of carbonyl (C=O) groups excluding carboxylic acids is 1. The third-order valence-corrected chi connectivity index (χ3v) is 6.84. The number of nitrogens with zero attached hydrogens (tertiary/aromatic N) is 3. The minimum absolute atomic E-state index is 0.00610. The number of piperazine rings is 1. The molecule has 4 rings (SSSR count). The first-order valence-corrected chi connectivity index (χ1v) is 11.7. The first kappa shape index (κ1) is 23.4. The average Bonchev–Trinajstić information content (AvgIpc) is 2.88. The highest BCUT2D eigenvalue weighted by Crippen LogP contribution is 2.38. The molecule has 2 aliphatic rings. The molecule has 0 spiro atoms.